The van der Waals surface area contributed by atoms with Crippen LogP contribution in [-0.2, 0) is 4.79 Å². The van der Waals surface area contributed by atoms with Crippen LogP contribution in [-0.4, -0.2) is 31.1 Å². The number of ether oxygens (including phenoxy) is 3. The van der Waals surface area contributed by atoms with Crippen molar-refractivity contribution in [1.29, 1.82) is 0 Å². The molecule has 0 aliphatic carbocycles. The Morgan fingerprint density at radius 3 is 2.40 bits per heavy atom. The van der Waals surface area contributed by atoms with E-state index in [4.69, 9.17) is 14.2 Å². The Morgan fingerprint density at radius 2 is 1.76 bits per heavy atom. The largest absolute Gasteiger partial charge is 0.504 e. The molecule has 0 bridgehead atoms. The molecule has 0 atom stereocenters. The molecule has 130 valence electrons. The smallest absolute Gasteiger partial charge is 0.336 e. The maximum absolute atomic E-state index is 12.0. The molecule has 0 radical (unpaired) electrons. The number of phenols is 1. The summed E-state index contributed by atoms with van der Waals surface area (Å²) >= 11 is 0. The van der Waals surface area contributed by atoms with Gasteiger partial charge in [-0.1, -0.05) is 6.07 Å². The normalized spacial score (nSPS) is 10.5. The highest BCUT2D eigenvalue weighted by Gasteiger charge is 2.12. The van der Waals surface area contributed by atoms with Gasteiger partial charge in [-0.3, -0.25) is 4.79 Å². The molecule has 25 heavy (non-hydrogen) atoms. The van der Waals surface area contributed by atoms with E-state index < -0.39 is 5.97 Å². The van der Waals surface area contributed by atoms with Crippen molar-refractivity contribution in [3.8, 4) is 23.0 Å². The number of methoxy groups -OCH3 is 2. The molecule has 0 saturated carbocycles. The van der Waals surface area contributed by atoms with Crippen molar-refractivity contribution in [1.82, 2.24) is 0 Å². The highest BCUT2D eigenvalue weighted by atomic mass is 16.5. The summed E-state index contributed by atoms with van der Waals surface area (Å²) in [6, 6.07) is 9.29. The monoisotopic (exact) mass is 342 g/mol. The predicted octanol–water partition coefficient (Wildman–Crippen LogP) is 3.23. The van der Waals surface area contributed by atoms with Gasteiger partial charge in [0.05, 0.1) is 19.8 Å². The summed E-state index contributed by atoms with van der Waals surface area (Å²) in [6.07, 6.45) is 2.73. The molecule has 0 fully saturated rings. The summed E-state index contributed by atoms with van der Waals surface area (Å²) in [7, 11) is 2.91. The van der Waals surface area contributed by atoms with E-state index in [1.807, 2.05) is 0 Å². The number of hydrogen-bond donors (Lipinski definition) is 1. The van der Waals surface area contributed by atoms with Gasteiger partial charge < -0.3 is 19.3 Å². The average molecular weight is 342 g/mol. The molecule has 0 aliphatic heterocycles. The molecule has 0 aliphatic rings. The van der Waals surface area contributed by atoms with Crippen LogP contribution < -0.4 is 14.2 Å². The second-order valence-corrected chi connectivity index (χ2v) is 5.10. The maximum atomic E-state index is 12.0. The van der Waals surface area contributed by atoms with Crippen molar-refractivity contribution >= 4 is 17.8 Å². The lowest BCUT2D eigenvalue weighted by Gasteiger charge is -2.08. The molecular formula is C19H18O6. The topological polar surface area (TPSA) is 82.1 Å². The van der Waals surface area contributed by atoms with Gasteiger partial charge in [0, 0.05) is 12.1 Å². The number of hydrogen-bond acceptors (Lipinski definition) is 6. The average Bonchev–Trinajstić information content (AvgIpc) is 2.60. The van der Waals surface area contributed by atoms with Gasteiger partial charge in [-0.05, 0) is 42.8 Å². The van der Waals surface area contributed by atoms with Gasteiger partial charge in [-0.15, -0.1) is 0 Å². The standard InChI is InChI=1S/C19H18O6/c1-12(20)15-7-6-14(23-2)11-17(15)25-19(22)9-5-13-4-8-16(21)18(10-13)24-3/h4-11,21H,1-3H3/b9-5+. The van der Waals surface area contributed by atoms with E-state index in [1.54, 1.807) is 24.3 Å². The van der Waals surface area contributed by atoms with Gasteiger partial charge in [0.15, 0.2) is 17.3 Å². The SMILES string of the molecule is COc1ccc(C(C)=O)c(OC(=O)/C=C/c2ccc(O)c(OC)c2)c1. The van der Waals surface area contributed by atoms with E-state index in [1.165, 1.54) is 45.4 Å². The second-order valence-electron chi connectivity index (χ2n) is 5.10. The first kappa shape index (κ1) is 18.1. The Balaban J connectivity index is 2.18. The Morgan fingerprint density at radius 1 is 1.00 bits per heavy atom. The number of aromatic hydroxyl groups is 1. The van der Waals surface area contributed by atoms with Gasteiger partial charge in [0.25, 0.3) is 0 Å². The third kappa shape index (κ3) is 4.60. The van der Waals surface area contributed by atoms with Crippen molar-refractivity contribution in [2.24, 2.45) is 0 Å². The summed E-state index contributed by atoms with van der Waals surface area (Å²) in [5.74, 6) is 0.0252. The number of phenolic OH excluding ortho intramolecular Hbond substituents is 1. The van der Waals surface area contributed by atoms with Crippen molar-refractivity contribution in [3.05, 3.63) is 53.6 Å². The summed E-state index contributed by atoms with van der Waals surface area (Å²) in [6.45, 7) is 1.39. The zero-order valence-electron chi connectivity index (χ0n) is 14.1. The minimum Gasteiger partial charge on any atom is -0.504 e. The number of rotatable bonds is 6. The van der Waals surface area contributed by atoms with Crippen LogP contribution >= 0.6 is 0 Å². The van der Waals surface area contributed by atoms with Crippen molar-refractivity contribution in [2.45, 2.75) is 6.92 Å². The Kier molecular flexibility index (Phi) is 5.79. The third-order valence-electron chi connectivity index (χ3n) is 3.39. The zero-order chi connectivity index (χ0) is 18.4. The fourth-order valence-electron chi connectivity index (χ4n) is 2.11. The van der Waals surface area contributed by atoms with Gasteiger partial charge >= 0.3 is 5.97 Å². The molecule has 0 saturated heterocycles. The summed E-state index contributed by atoms with van der Waals surface area (Å²) in [5, 5.41) is 9.55. The van der Waals surface area contributed by atoms with Crippen LogP contribution in [0, 0.1) is 0 Å². The lowest BCUT2D eigenvalue weighted by Crippen LogP contribution is -2.07. The van der Waals surface area contributed by atoms with Crippen LogP contribution in [0.4, 0.5) is 0 Å². The predicted molar refractivity (Wildman–Crippen MR) is 92.3 cm³/mol. The van der Waals surface area contributed by atoms with Crippen LogP contribution in [0.5, 0.6) is 23.0 Å². The number of carbonyl (C=O) groups excluding carboxylic acids is 2. The first-order valence-corrected chi connectivity index (χ1v) is 7.40. The van der Waals surface area contributed by atoms with Crippen LogP contribution in [0.2, 0.25) is 0 Å². The first-order chi connectivity index (χ1) is 11.9. The Labute approximate surface area is 145 Å². The lowest BCUT2D eigenvalue weighted by atomic mass is 10.1. The number of Topliss-reactive ketones (excluding diaryl/α,β-unsaturated/α-hetero) is 1. The third-order valence-corrected chi connectivity index (χ3v) is 3.39. The second kappa shape index (κ2) is 8.01. The van der Waals surface area contributed by atoms with Gasteiger partial charge in [-0.25, -0.2) is 4.79 Å². The number of ketones is 1. The molecule has 6 heteroatoms. The minimum atomic E-state index is -0.650. The Hall–Kier alpha value is -3.28. The van der Waals surface area contributed by atoms with E-state index in [-0.39, 0.29) is 22.8 Å². The molecule has 2 aromatic rings. The molecule has 2 rings (SSSR count). The van der Waals surface area contributed by atoms with E-state index in [0.717, 1.165) is 0 Å². The van der Waals surface area contributed by atoms with Gasteiger partial charge in [0.1, 0.15) is 11.5 Å². The number of benzene rings is 2. The van der Waals surface area contributed by atoms with Gasteiger partial charge in [-0.2, -0.15) is 0 Å². The zero-order valence-corrected chi connectivity index (χ0v) is 14.1. The molecule has 0 spiro atoms. The minimum absolute atomic E-state index is 0.00436. The highest BCUT2D eigenvalue weighted by molar-refractivity contribution is 5.98. The highest BCUT2D eigenvalue weighted by Crippen LogP contribution is 2.27. The van der Waals surface area contributed by atoms with E-state index in [2.05, 4.69) is 0 Å². The molecule has 0 amide bonds. The lowest BCUT2D eigenvalue weighted by molar-refractivity contribution is -0.128. The number of esters is 1. The fraction of sp³-hybridized carbons (Fsp3) is 0.158. The molecular weight excluding hydrogens is 324 g/mol. The van der Waals surface area contributed by atoms with E-state index >= 15 is 0 Å². The first-order valence-electron chi connectivity index (χ1n) is 7.40. The van der Waals surface area contributed by atoms with Gasteiger partial charge in [0.2, 0.25) is 0 Å². The summed E-state index contributed by atoms with van der Waals surface area (Å²) < 4.78 is 15.3. The van der Waals surface area contributed by atoms with Crippen molar-refractivity contribution in [3.63, 3.8) is 0 Å². The maximum Gasteiger partial charge on any atom is 0.336 e. The molecule has 0 aromatic heterocycles. The van der Waals surface area contributed by atoms with E-state index in [0.29, 0.717) is 17.1 Å². The molecule has 2 aromatic carbocycles. The van der Waals surface area contributed by atoms with E-state index in [9.17, 15) is 14.7 Å². The van der Waals surface area contributed by atoms with Crippen LogP contribution in [0.3, 0.4) is 0 Å². The quantitative estimate of drug-likeness (QED) is 0.376. The molecule has 0 unspecified atom stereocenters. The van der Waals surface area contributed by atoms with Crippen LogP contribution in [0.25, 0.3) is 6.08 Å². The van der Waals surface area contributed by atoms with Crippen molar-refractivity contribution < 1.29 is 28.9 Å². The molecule has 6 nitrogen and oxygen atoms in total. The summed E-state index contributed by atoms with van der Waals surface area (Å²) in [5.41, 5.74) is 0.929. The van der Waals surface area contributed by atoms with Crippen molar-refractivity contribution in [2.75, 3.05) is 14.2 Å². The Bertz CT molecular complexity index is 823. The molecule has 0 heterocycles. The van der Waals surface area contributed by atoms with Crippen LogP contribution in [0.1, 0.15) is 22.8 Å². The van der Waals surface area contributed by atoms with Crippen LogP contribution in [0.15, 0.2) is 42.5 Å². The number of carbonyl (C=O) groups is 2. The molecule has 1 N–H and O–H groups in total. The summed E-state index contributed by atoms with van der Waals surface area (Å²) in [4.78, 5) is 23.7. The fourth-order valence-corrected chi connectivity index (χ4v) is 2.11.